The number of aromatic hydroxyl groups is 1. The molecule has 0 radical (unpaired) electrons. The molecule has 10 heteroatoms. The fourth-order valence-electron chi connectivity index (χ4n) is 3.81. The average molecular weight is 397 g/mol. The predicted molar refractivity (Wildman–Crippen MR) is 105 cm³/mol. The normalized spacial score (nSPS) is 21.0. The lowest BCUT2D eigenvalue weighted by molar-refractivity contribution is 0.266. The fraction of sp³-hybridized carbons (Fsp3) is 0.474. The number of fused-ring (bicyclic) bond motifs is 1. The highest BCUT2D eigenvalue weighted by molar-refractivity contribution is 5.58. The van der Waals surface area contributed by atoms with Crippen molar-refractivity contribution in [1.82, 2.24) is 24.6 Å². The smallest absolute Gasteiger partial charge is 0.326 e. The van der Waals surface area contributed by atoms with Gasteiger partial charge in [0.15, 0.2) is 11.1 Å². The van der Waals surface area contributed by atoms with Crippen LogP contribution in [-0.4, -0.2) is 60.5 Å². The molecular weight excluding hydrogens is 374 g/mol. The fourth-order valence-corrected chi connectivity index (χ4v) is 3.81. The van der Waals surface area contributed by atoms with Gasteiger partial charge in [-0.15, -0.1) is 0 Å². The van der Waals surface area contributed by atoms with E-state index in [0.29, 0.717) is 22.3 Å². The Kier molecular flexibility index (Phi) is 4.35. The van der Waals surface area contributed by atoms with E-state index in [9.17, 15) is 15.0 Å². The van der Waals surface area contributed by atoms with Crippen LogP contribution in [0.3, 0.4) is 0 Å². The van der Waals surface area contributed by atoms with E-state index in [4.69, 9.17) is 9.98 Å². The maximum absolute atomic E-state index is 11.4. The van der Waals surface area contributed by atoms with Crippen molar-refractivity contribution in [2.75, 3.05) is 24.6 Å². The van der Waals surface area contributed by atoms with E-state index in [1.54, 1.807) is 16.8 Å². The van der Waals surface area contributed by atoms with Gasteiger partial charge in [0, 0.05) is 24.4 Å². The second-order valence-electron chi connectivity index (χ2n) is 7.75. The zero-order chi connectivity index (χ0) is 20.0. The Bertz CT molecular complexity index is 1220. The van der Waals surface area contributed by atoms with Crippen LogP contribution in [0.1, 0.15) is 31.4 Å². The minimum atomic E-state index is -0.484. The molecule has 4 heterocycles. The number of hydrogen-bond donors (Lipinski definition) is 4. The Hall–Kier alpha value is -3.14. The number of aliphatic hydroxyl groups excluding tert-OH is 1. The van der Waals surface area contributed by atoms with Gasteiger partial charge in [0.05, 0.1) is 18.8 Å². The summed E-state index contributed by atoms with van der Waals surface area (Å²) in [6.45, 7) is 1.67. The van der Waals surface area contributed by atoms with Crippen LogP contribution in [0.15, 0.2) is 22.1 Å². The summed E-state index contributed by atoms with van der Waals surface area (Å²) in [5, 5.41) is 24.7. The van der Waals surface area contributed by atoms with E-state index in [2.05, 4.69) is 20.0 Å². The number of nitrogens with one attached hydrogen (secondary N) is 2. The first-order chi connectivity index (χ1) is 14.1. The van der Waals surface area contributed by atoms with E-state index in [1.807, 2.05) is 6.07 Å². The summed E-state index contributed by atoms with van der Waals surface area (Å²) in [7, 11) is 0. The van der Waals surface area contributed by atoms with Crippen LogP contribution in [0.2, 0.25) is 0 Å². The molecule has 152 valence electrons. The first-order valence-corrected chi connectivity index (χ1v) is 9.92. The zero-order valence-corrected chi connectivity index (χ0v) is 15.9. The number of aromatic amines is 2. The van der Waals surface area contributed by atoms with Gasteiger partial charge in [-0.3, -0.25) is 9.98 Å². The highest BCUT2D eigenvalue weighted by Gasteiger charge is 2.26. The number of nitrogens with zero attached hydrogens (tertiary/aromatic N) is 5. The third-order valence-electron chi connectivity index (χ3n) is 5.59. The summed E-state index contributed by atoms with van der Waals surface area (Å²) in [6, 6.07) is 1.97. The lowest BCUT2D eigenvalue weighted by atomic mass is 10.2. The molecule has 0 aromatic carbocycles. The van der Waals surface area contributed by atoms with Gasteiger partial charge < -0.3 is 20.1 Å². The summed E-state index contributed by atoms with van der Waals surface area (Å²) < 4.78 is 1.68. The number of rotatable bonds is 5. The first-order valence-electron chi connectivity index (χ1n) is 9.92. The zero-order valence-electron chi connectivity index (χ0n) is 15.9. The Balaban J connectivity index is 1.69. The van der Waals surface area contributed by atoms with Crippen molar-refractivity contribution in [2.45, 2.75) is 31.7 Å². The molecule has 2 aliphatic rings. The second-order valence-corrected chi connectivity index (χ2v) is 7.75. The van der Waals surface area contributed by atoms with Crippen LogP contribution < -0.4 is 21.3 Å². The molecule has 4 N–H and O–H groups in total. The molecule has 0 bridgehead atoms. The monoisotopic (exact) mass is 397 g/mol. The van der Waals surface area contributed by atoms with Crippen LogP contribution in [0.25, 0.3) is 11.7 Å². The molecule has 1 atom stereocenters. The van der Waals surface area contributed by atoms with Gasteiger partial charge in [0.2, 0.25) is 5.88 Å². The maximum atomic E-state index is 11.4. The SMILES string of the molecule is O=c1[nH]c(O)c(C=c2cnn3c(=NCC4CC4)cc(N4CCC[C@H]4CO)nc23)[nH]1. The molecule has 29 heavy (non-hydrogen) atoms. The standard InChI is InChI=1S/C19H23N7O3/c27-10-13-2-1-5-25(13)16-7-15(20-8-11-3-4-11)26-17(23-16)12(9-21-26)6-14-18(28)24-19(29)22-14/h6-7,9,11,13,27-28H,1-5,8,10H2,(H2,22,24,29)/t13-/m0/s1. The molecule has 2 fully saturated rings. The van der Waals surface area contributed by atoms with Gasteiger partial charge in [-0.1, -0.05) is 0 Å². The van der Waals surface area contributed by atoms with E-state index >= 15 is 0 Å². The quantitative estimate of drug-likeness (QED) is 0.448. The van der Waals surface area contributed by atoms with Crippen molar-refractivity contribution < 1.29 is 10.2 Å². The number of anilines is 1. The van der Waals surface area contributed by atoms with Crippen LogP contribution >= 0.6 is 0 Å². The number of H-pyrrole nitrogens is 2. The summed E-state index contributed by atoms with van der Waals surface area (Å²) >= 11 is 0. The topological polar surface area (TPSA) is 135 Å². The third kappa shape index (κ3) is 3.39. The number of hydrogen-bond acceptors (Lipinski definition) is 7. The third-order valence-corrected chi connectivity index (χ3v) is 5.59. The van der Waals surface area contributed by atoms with E-state index in [0.717, 1.165) is 31.7 Å². The van der Waals surface area contributed by atoms with Crippen molar-refractivity contribution in [2.24, 2.45) is 10.9 Å². The van der Waals surface area contributed by atoms with E-state index in [-0.39, 0.29) is 24.2 Å². The predicted octanol–water partition coefficient (Wildman–Crippen LogP) is -0.729. The molecule has 1 saturated heterocycles. The molecule has 3 aromatic heterocycles. The summed E-state index contributed by atoms with van der Waals surface area (Å²) in [5.74, 6) is 1.16. The maximum Gasteiger partial charge on any atom is 0.326 e. The molecule has 5 rings (SSSR count). The molecular formula is C19H23N7O3. The van der Waals surface area contributed by atoms with E-state index < -0.39 is 5.69 Å². The molecule has 1 saturated carbocycles. The molecule has 3 aromatic rings. The summed E-state index contributed by atoms with van der Waals surface area (Å²) in [5.41, 5.74) is 1.08. The molecule has 1 aliphatic heterocycles. The van der Waals surface area contributed by atoms with Crippen LogP contribution in [0, 0.1) is 5.92 Å². The minimum absolute atomic E-state index is 0.0432. The van der Waals surface area contributed by atoms with Gasteiger partial charge in [0.25, 0.3) is 0 Å². The highest BCUT2D eigenvalue weighted by atomic mass is 16.3. The molecule has 10 nitrogen and oxygen atoms in total. The Morgan fingerprint density at radius 2 is 2.17 bits per heavy atom. The van der Waals surface area contributed by atoms with Gasteiger partial charge in [-0.2, -0.15) is 9.61 Å². The van der Waals surface area contributed by atoms with Gasteiger partial charge in [-0.25, -0.2) is 9.78 Å². The van der Waals surface area contributed by atoms with Crippen LogP contribution in [0.4, 0.5) is 5.82 Å². The van der Waals surface area contributed by atoms with Crippen molar-refractivity contribution >= 4 is 17.5 Å². The van der Waals surface area contributed by atoms with Crippen molar-refractivity contribution in [3.05, 3.63) is 39.1 Å². The lowest BCUT2D eigenvalue weighted by Gasteiger charge is -2.24. The largest absolute Gasteiger partial charge is 0.493 e. The average Bonchev–Trinajstić information content (AvgIpc) is 3.11. The van der Waals surface area contributed by atoms with Crippen LogP contribution in [0.5, 0.6) is 5.88 Å². The van der Waals surface area contributed by atoms with Crippen molar-refractivity contribution in [3.8, 4) is 5.88 Å². The Morgan fingerprint density at radius 1 is 1.31 bits per heavy atom. The number of aliphatic hydroxyl groups is 1. The van der Waals surface area contributed by atoms with Crippen molar-refractivity contribution in [3.63, 3.8) is 0 Å². The van der Waals surface area contributed by atoms with Gasteiger partial charge >= 0.3 is 5.69 Å². The highest BCUT2D eigenvalue weighted by Crippen LogP contribution is 2.28. The summed E-state index contributed by atoms with van der Waals surface area (Å²) in [4.78, 5) is 28.0. The minimum Gasteiger partial charge on any atom is -0.493 e. The van der Waals surface area contributed by atoms with E-state index in [1.165, 1.54) is 12.8 Å². The first kappa shape index (κ1) is 17.9. The number of imidazole rings is 1. The molecule has 0 amide bonds. The van der Waals surface area contributed by atoms with Crippen molar-refractivity contribution in [1.29, 1.82) is 0 Å². The molecule has 1 aliphatic carbocycles. The molecule has 0 unspecified atom stereocenters. The lowest BCUT2D eigenvalue weighted by Crippen LogP contribution is -2.34. The summed E-state index contributed by atoms with van der Waals surface area (Å²) in [6.07, 6.45) is 7.62. The van der Waals surface area contributed by atoms with Crippen LogP contribution in [-0.2, 0) is 0 Å². The van der Waals surface area contributed by atoms with Gasteiger partial charge in [0.1, 0.15) is 11.5 Å². The Labute approximate surface area is 165 Å². The van der Waals surface area contributed by atoms with Gasteiger partial charge in [-0.05, 0) is 37.7 Å². The number of aromatic nitrogens is 5. The second kappa shape index (κ2) is 7.03. The Morgan fingerprint density at radius 3 is 2.90 bits per heavy atom. The molecule has 0 spiro atoms.